The van der Waals surface area contributed by atoms with E-state index in [-0.39, 0.29) is 17.2 Å². The molecule has 1 atom stereocenters. The quantitative estimate of drug-likeness (QED) is 0.0955. The summed E-state index contributed by atoms with van der Waals surface area (Å²) >= 11 is 1.49. The topological polar surface area (TPSA) is 96.9 Å². The van der Waals surface area contributed by atoms with Gasteiger partial charge in [-0.2, -0.15) is 0 Å². The Kier molecular flexibility index (Phi) is 15.8. The summed E-state index contributed by atoms with van der Waals surface area (Å²) in [4.78, 5) is 43.0. The van der Waals surface area contributed by atoms with Crippen LogP contribution in [0.15, 0.2) is 73.1 Å². The molecule has 0 aliphatic carbocycles. The van der Waals surface area contributed by atoms with E-state index in [4.69, 9.17) is 9.47 Å². The molecule has 0 spiro atoms. The van der Waals surface area contributed by atoms with Gasteiger partial charge in [0.15, 0.2) is 5.82 Å². The Morgan fingerprint density at radius 2 is 1.56 bits per heavy atom. The zero-order chi connectivity index (χ0) is 39.2. The van der Waals surface area contributed by atoms with E-state index >= 15 is 0 Å². The number of rotatable bonds is 19. The SMILES string of the molecule is CCCCCCCOc1ccc(-c2cnc(-c3ccc(C[C@H](NC(=O)c4ccc(C(C)(C)C)s4)C(=O)N(C)CC4CCN(CCOC)CC4)cc3)nc2)cc1. The number of hydrogen-bond donors (Lipinski definition) is 1. The second kappa shape index (κ2) is 20.7. The van der Waals surface area contributed by atoms with Crippen LogP contribution >= 0.6 is 11.3 Å². The molecule has 5 rings (SSSR count). The van der Waals surface area contributed by atoms with Gasteiger partial charge in [0.2, 0.25) is 5.91 Å². The smallest absolute Gasteiger partial charge is 0.262 e. The zero-order valence-electron chi connectivity index (χ0n) is 33.8. The van der Waals surface area contributed by atoms with Crippen LogP contribution in [-0.4, -0.2) is 91.2 Å². The number of ether oxygens (including phenoxy) is 2. The van der Waals surface area contributed by atoms with E-state index in [2.05, 4.69) is 47.9 Å². The molecule has 2 aromatic heterocycles. The van der Waals surface area contributed by atoms with Crippen molar-refractivity contribution in [2.45, 2.75) is 90.5 Å². The van der Waals surface area contributed by atoms with E-state index in [0.717, 1.165) is 85.0 Å². The summed E-state index contributed by atoms with van der Waals surface area (Å²) in [5.74, 6) is 1.63. The maximum atomic E-state index is 14.1. The number of carbonyl (C=O) groups is 2. The average molecular weight is 768 g/mol. The van der Waals surface area contributed by atoms with Gasteiger partial charge in [0, 0.05) is 62.1 Å². The molecule has 1 aliphatic heterocycles. The van der Waals surface area contributed by atoms with Crippen molar-refractivity contribution in [2.24, 2.45) is 5.92 Å². The number of nitrogens with one attached hydrogen (secondary N) is 1. The Morgan fingerprint density at radius 3 is 2.20 bits per heavy atom. The minimum Gasteiger partial charge on any atom is -0.494 e. The second-order valence-electron chi connectivity index (χ2n) is 15.9. The molecular formula is C45H61N5O4S. The van der Waals surface area contributed by atoms with Gasteiger partial charge in [-0.15, -0.1) is 11.3 Å². The first-order chi connectivity index (χ1) is 26.5. The first kappa shape index (κ1) is 42.0. The summed E-state index contributed by atoms with van der Waals surface area (Å²) in [5.41, 5.74) is 3.74. The number of nitrogens with zero attached hydrogens (tertiary/aromatic N) is 4. The molecule has 0 saturated carbocycles. The van der Waals surface area contributed by atoms with Gasteiger partial charge >= 0.3 is 0 Å². The predicted molar refractivity (Wildman–Crippen MR) is 224 cm³/mol. The van der Waals surface area contributed by atoms with Gasteiger partial charge in [-0.3, -0.25) is 9.59 Å². The number of carbonyl (C=O) groups excluding carboxylic acids is 2. The Balaban J connectivity index is 1.22. The van der Waals surface area contributed by atoms with E-state index in [9.17, 15) is 9.59 Å². The van der Waals surface area contributed by atoms with E-state index in [1.54, 1.807) is 7.11 Å². The molecule has 10 heteroatoms. The highest BCUT2D eigenvalue weighted by molar-refractivity contribution is 7.14. The Morgan fingerprint density at radius 1 is 0.891 bits per heavy atom. The summed E-state index contributed by atoms with van der Waals surface area (Å²) in [6.45, 7) is 13.7. The van der Waals surface area contributed by atoms with Crippen molar-refractivity contribution in [1.29, 1.82) is 0 Å². The first-order valence-electron chi connectivity index (χ1n) is 20.1. The van der Waals surface area contributed by atoms with Crippen LogP contribution in [0.3, 0.4) is 0 Å². The number of likely N-dealkylation sites (N-methyl/N-ethyl adjacent to an activating group) is 1. The van der Waals surface area contributed by atoms with Gasteiger partial charge in [0.25, 0.3) is 5.91 Å². The van der Waals surface area contributed by atoms with Crippen LogP contribution < -0.4 is 10.1 Å². The van der Waals surface area contributed by atoms with Gasteiger partial charge in [-0.25, -0.2) is 9.97 Å². The van der Waals surface area contributed by atoms with Gasteiger partial charge in [0.05, 0.1) is 18.1 Å². The van der Waals surface area contributed by atoms with E-state index in [1.165, 1.54) is 37.0 Å². The lowest BCUT2D eigenvalue weighted by atomic mass is 9.95. The van der Waals surface area contributed by atoms with Crippen LogP contribution in [0.2, 0.25) is 0 Å². The third kappa shape index (κ3) is 12.7. The molecular weight excluding hydrogens is 707 g/mol. The summed E-state index contributed by atoms with van der Waals surface area (Å²) in [6.07, 6.45) is 12.2. The minimum atomic E-state index is -0.705. The molecule has 3 heterocycles. The molecule has 9 nitrogen and oxygen atoms in total. The summed E-state index contributed by atoms with van der Waals surface area (Å²) < 4.78 is 11.2. The molecule has 1 aliphatic rings. The van der Waals surface area contributed by atoms with Crippen molar-refractivity contribution in [3.05, 3.63) is 88.4 Å². The third-order valence-electron chi connectivity index (χ3n) is 10.4. The van der Waals surface area contributed by atoms with Crippen LogP contribution in [0.1, 0.15) is 92.8 Å². The Hall–Kier alpha value is -4.12. The largest absolute Gasteiger partial charge is 0.494 e. The number of hydrogen-bond acceptors (Lipinski definition) is 8. The van der Waals surface area contributed by atoms with Crippen LogP contribution in [0.25, 0.3) is 22.5 Å². The van der Waals surface area contributed by atoms with Gasteiger partial charge < -0.3 is 24.6 Å². The monoisotopic (exact) mass is 767 g/mol. The van der Waals surface area contributed by atoms with Crippen molar-refractivity contribution in [3.63, 3.8) is 0 Å². The molecule has 0 unspecified atom stereocenters. The lowest BCUT2D eigenvalue weighted by Gasteiger charge is -2.34. The first-order valence-corrected chi connectivity index (χ1v) is 20.9. The van der Waals surface area contributed by atoms with E-state index in [0.29, 0.717) is 29.6 Å². The molecule has 55 heavy (non-hydrogen) atoms. The molecule has 1 fully saturated rings. The van der Waals surface area contributed by atoms with Crippen molar-refractivity contribution in [2.75, 3.05) is 53.6 Å². The summed E-state index contributed by atoms with van der Waals surface area (Å²) in [5, 5.41) is 3.11. The summed E-state index contributed by atoms with van der Waals surface area (Å²) in [7, 11) is 3.60. The highest BCUT2D eigenvalue weighted by Gasteiger charge is 2.29. The van der Waals surface area contributed by atoms with Crippen LogP contribution in [-0.2, 0) is 21.4 Å². The molecule has 4 aromatic rings. The van der Waals surface area contributed by atoms with E-state index < -0.39 is 6.04 Å². The lowest BCUT2D eigenvalue weighted by Crippen LogP contribution is -2.50. The van der Waals surface area contributed by atoms with Gasteiger partial charge in [-0.1, -0.05) is 89.8 Å². The highest BCUT2D eigenvalue weighted by atomic mass is 32.1. The molecule has 1 N–H and O–H groups in total. The minimum absolute atomic E-state index is 0.0583. The highest BCUT2D eigenvalue weighted by Crippen LogP contribution is 2.30. The fraction of sp³-hybridized carbons (Fsp3) is 0.511. The Bertz CT molecular complexity index is 1760. The number of likely N-dealkylation sites (tertiary alicyclic amines) is 1. The number of thiophene rings is 1. The van der Waals surface area contributed by atoms with Crippen LogP contribution in [0.5, 0.6) is 5.75 Å². The van der Waals surface area contributed by atoms with Crippen molar-refractivity contribution < 1.29 is 19.1 Å². The molecule has 2 amide bonds. The van der Waals surface area contributed by atoms with Crippen molar-refractivity contribution in [3.8, 4) is 28.3 Å². The fourth-order valence-corrected chi connectivity index (χ4v) is 7.91. The molecule has 2 aromatic carbocycles. The molecule has 296 valence electrons. The fourth-order valence-electron chi connectivity index (χ4n) is 6.94. The van der Waals surface area contributed by atoms with Crippen molar-refractivity contribution >= 4 is 23.2 Å². The summed E-state index contributed by atoms with van der Waals surface area (Å²) in [6, 6.07) is 19.2. The average Bonchev–Trinajstić information content (AvgIpc) is 3.71. The molecule has 1 saturated heterocycles. The molecule has 0 radical (unpaired) electrons. The molecule has 0 bridgehead atoms. The normalized spacial score (nSPS) is 14.4. The van der Waals surface area contributed by atoms with Gasteiger partial charge in [0.1, 0.15) is 11.8 Å². The number of unbranched alkanes of at least 4 members (excludes halogenated alkanes) is 4. The number of benzene rings is 2. The lowest BCUT2D eigenvalue weighted by molar-refractivity contribution is -0.132. The maximum Gasteiger partial charge on any atom is 0.262 e. The van der Waals surface area contributed by atoms with Crippen LogP contribution in [0.4, 0.5) is 0 Å². The maximum absolute atomic E-state index is 14.1. The van der Waals surface area contributed by atoms with Gasteiger partial charge in [-0.05, 0) is 79.1 Å². The van der Waals surface area contributed by atoms with Crippen LogP contribution in [0, 0.1) is 5.92 Å². The third-order valence-corrected chi connectivity index (χ3v) is 11.9. The number of aromatic nitrogens is 2. The number of methoxy groups -OCH3 is 1. The van der Waals surface area contributed by atoms with E-state index in [1.807, 2.05) is 85.0 Å². The number of amides is 2. The zero-order valence-corrected chi connectivity index (χ0v) is 34.6. The predicted octanol–water partition coefficient (Wildman–Crippen LogP) is 8.68. The Labute approximate surface area is 332 Å². The standard InChI is InChI=1S/C45H61N5O4S/c1-7-8-9-10-11-27-54-38-18-16-35(17-19-38)37-30-46-42(47-31-37)36-14-12-33(13-15-36)29-39(48-43(51)40-20-21-41(55-40)45(2,3)4)44(52)49(5)32-34-22-24-50(25-23-34)26-28-53-6/h12-21,30-31,34,39H,7-11,22-29,32H2,1-6H3,(H,48,51)/t39-/m0/s1. The number of piperidine rings is 1. The second-order valence-corrected chi connectivity index (χ2v) is 17.0. The van der Waals surface area contributed by atoms with Crippen molar-refractivity contribution in [1.82, 2.24) is 25.1 Å².